The number of aryl methyl sites for hydroxylation is 1. The molecule has 1 heterocycles. The van der Waals surface area contributed by atoms with E-state index in [1.807, 2.05) is 31.7 Å². The summed E-state index contributed by atoms with van der Waals surface area (Å²) >= 11 is 1.86. The van der Waals surface area contributed by atoms with Crippen molar-refractivity contribution >= 4 is 17.7 Å². The van der Waals surface area contributed by atoms with Crippen molar-refractivity contribution in [2.45, 2.75) is 38.9 Å². The Labute approximate surface area is 160 Å². The molecule has 0 spiro atoms. The second kappa shape index (κ2) is 9.62. The summed E-state index contributed by atoms with van der Waals surface area (Å²) in [5.74, 6) is 1.91. The third-order valence-corrected chi connectivity index (χ3v) is 5.40. The maximum Gasteiger partial charge on any atom is 0.263 e. The van der Waals surface area contributed by atoms with Gasteiger partial charge in [0.15, 0.2) is 0 Å². The minimum absolute atomic E-state index is 0.212. The Hall–Kier alpha value is -2.01. The van der Waals surface area contributed by atoms with E-state index in [0.717, 1.165) is 23.6 Å². The molecule has 2 rings (SSSR count). The molecule has 0 saturated carbocycles. The second-order valence-electron chi connectivity index (χ2n) is 6.84. The number of carbonyl (C=O) groups excluding carboxylic acids is 1. The number of nitrogens with one attached hydrogen (secondary N) is 1. The van der Waals surface area contributed by atoms with Crippen molar-refractivity contribution in [1.29, 1.82) is 0 Å². The van der Waals surface area contributed by atoms with Crippen molar-refractivity contribution in [3.05, 3.63) is 69.1 Å². The average molecular weight is 373 g/mol. The fourth-order valence-electron chi connectivity index (χ4n) is 2.87. The lowest BCUT2D eigenvalue weighted by atomic mass is 10.1. The van der Waals surface area contributed by atoms with Gasteiger partial charge in [-0.05, 0) is 42.7 Å². The van der Waals surface area contributed by atoms with Crippen LogP contribution in [-0.2, 0) is 12.8 Å². The van der Waals surface area contributed by atoms with Crippen LogP contribution in [0.25, 0.3) is 0 Å². The zero-order chi connectivity index (χ0) is 19.1. The van der Waals surface area contributed by atoms with Gasteiger partial charge in [-0.25, -0.2) is 0 Å². The molecule has 26 heavy (non-hydrogen) atoms. The van der Waals surface area contributed by atoms with E-state index >= 15 is 0 Å². The number of aromatic nitrogens is 1. The molecule has 1 aromatic heterocycles. The SMILES string of the molecule is Cc1cccc(CSCCCNC(=O)c2ccc(C(C)C)n(C)c2=O)c1. The van der Waals surface area contributed by atoms with Gasteiger partial charge in [0.05, 0.1) is 0 Å². The van der Waals surface area contributed by atoms with Gasteiger partial charge in [0.1, 0.15) is 5.56 Å². The number of hydrogen-bond acceptors (Lipinski definition) is 3. The highest BCUT2D eigenvalue weighted by Crippen LogP contribution is 2.14. The van der Waals surface area contributed by atoms with Crippen LogP contribution in [0.3, 0.4) is 0 Å². The van der Waals surface area contributed by atoms with Crippen LogP contribution < -0.4 is 10.9 Å². The predicted molar refractivity (Wildman–Crippen MR) is 110 cm³/mol. The number of rotatable bonds is 8. The summed E-state index contributed by atoms with van der Waals surface area (Å²) < 4.78 is 1.57. The number of amides is 1. The average Bonchev–Trinajstić information content (AvgIpc) is 2.59. The van der Waals surface area contributed by atoms with Crippen LogP contribution in [0, 0.1) is 6.92 Å². The first kappa shape index (κ1) is 20.3. The fourth-order valence-corrected chi connectivity index (χ4v) is 3.77. The molecule has 0 aliphatic heterocycles. The van der Waals surface area contributed by atoms with Crippen molar-refractivity contribution < 1.29 is 4.79 Å². The van der Waals surface area contributed by atoms with E-state index in [2.05, 4.69) is 36.5 Å². The Bertz CT molecular complexity index is 812. The van der Waals surface area contributed by atoms with E-state index in [-0.39, 0.29) is 22.9 Å². The van der Waals surface area contributed by atoms with Crippen LogP contribution >= 0.6 is 11.8 Å². The van der Waals surface area contributed by atoms with E-state index in [1.165, 1.54) is 11.1 Å². The van der Waals surface area contributed by atoms with Gasteiger partial charge in [-0.3, -0.25) is 9.59 Å². The predicted octanol–water partition coefficient (Wildman–Crippen LogP) is 3.87. The van der Waals surface area contributed by atoms with Crippen molar-refractivity contribution in [1.82, 2.24) is 9.88 Å². The maximum absolute atomic E-state index is 12.4. The first-order chi connectivity index (χ1) is 12.4. The lowest BCUT2D eigenvalue weighted by Gasteiger charge is -2.13. The first-order valence-corrected chi connectivity index (χ1v) is 10.2. The molecule has 1 aromatic carbocycles. The van der Waals surface area contributed by atoms with Gasteiger partial charge >= 0.3 is 0 Å². The van der Waals surface area contributed by atoms with E-state index in [4.69, 9.17) is 0 Å². The first-order valence-electron chi connectivity index (χ1n) is 9.01. The zero-order valence-corrected chi connectivity index (χ0v) is 16.9. The second-order valence-corrected chi connectivity index (χ2v) is 7.95. The third kappa shape index (κ3) is 5.49. The normalized spacial score (nSPS) is 11.0. The highest BCUT2D eigenvalue weighted by molar-refractivity contribution is 7.98. The smallest absolute Gasteiger partial charge is 0.263 e. The molecule has 1 N–H and O–H groups in total. The molecule has 140 valence electrons. The molecule has 1 amide bonds. The molecular formula is C21H28N2O2S. The molecule has 0 atom stereocenters. The van der Waals surface area contributed by atoms with E-state index in [1.54, 1.807) is 17.7 Å². The number of pyridine rings is 1. The molecule has 2 aromatic rings. The summed E-state index contributed by atoms with van der Waals surface area (Å²) in [5.41, 5.74) is 3.51. The Kier molecular flexibility index (Phi) is 7.51. The van der Waals surface area contributed by atoms with Crippen LogP contribution in [0.4, 0.5) is 0 Å². The van der Waals surface area contributed by atoms with Crippen LogP contribution in [0.1, 0.15) is 53.4 Å². The highest BCUT2D eigenvalue weighted by atomic mass is 32.2. The van der Waals surface area contributed by atoms with Gasteiger partial charge in [-0.1, -0.05) is 43.7 Å². The summed E-state index contributed by atoms with van der Waals surface area (Å²) in [6.07, 6.45) is 0.882. The lowest BCUT2D eigenvalue weighted by Crippen LogP contribution is -2.34. The minimum Gasteiger partial charge on any atom is -0.352 e. The zero-order valence-electron chi connectivity index (χ0n) is 16.0. The Morgan fingerprint density at radius 3 is 2.69 bits per heavy atom. The highest BCUT2D eigenvalue weighted by Gasteiger charge is 2.14. The number of hydrogen-bond donors (Lipinski definition) is 1. The molecule has 0 radical (unpaired) electrons. The van der Waals surface area contributed by atoms with Crippen LogP contribution in [0.5, 0.6) is 0 Å². The molecule has 0 aliphatic rings. The van der Waals surface area contributed by atoms with Gasteiger partial charge in [0.2, 0.25) is 0 Å². The summed E-state index contributed by atoms with van der Waals surface area (Å²) in [7, 11) is 1.72. The lowest BCUT2D eigenvalue weighted by molar-refractivity contribution is 0.0951. The third-order valence-electron chi connectivity index (χ3n) is 4.28. The summed E-state index contributed by atoms with van der Waals surface area (Å²) in [5, 5.41) is 2.86. The van der Waals surface area contributed by atoms with E-state index < -0.39 is 0 Å². The molecule has 5 heteroatoms. The maximum atomic E-state index is 12.4. The monoisotopic (exact) mass is 372 g/mol. The van der Waals surface area contributed by atoms with Gasteiger partial charge in [-0.2, -0.15) is 11.8 Å². The topological polar surface area (TPSA) is 51.1 Å². The summed E-state index contributed by atoms with van der Waals surface area (Å²) in [4.78, 5) is 24.6. The van der Waals surface area contributed by atoms with Crippen LogP contribution in [0.2, 0.25) is 0 Å². The largest absolute Gasteiger partial charge is 0.352 e. The quantitative estimate of drug-likeness (QED) is 0.716. The molecule has 0 bridgehead atoms. The summed E-state index contributed by atoms with van der Waals surface area (Å²) in [6, 6.07) is 12.0. The number of thioether (sulfide) groups is 1. The minimum atomic E-state index is -0.287. The van der Waals surface area contributed by atoms with Gasteiger partial charge in [0.25, 0.3) is 11.5 Å². The van der Waals surface area contributed by atoms with Gasteiger partial charge < -0.3 is 9.88 Å². The number of carbonyl (C=O) groups is 1. The van der Waals surface area contributed by atoms with E-state index in [9.17, 15) is 9.59 Å². The van der Waals surface area contributed by atoms with Crippen molar-refractivity contribution in [3.63, 3.8) is 0 Å². The van der Waals surface area contributed by atoms with Crippen molar-refractivity contribution in [3.8, 4) is 0 Å². The molecule has 0 aliphatic carbocycles. The molecule has 4 nitrogen and oxygen atoms in total. The fraction of sp³-hybridized carbons (Fsp3) is 0.429. The molecule has 0 fully saturated rings. The number of nitrogens with zero attached hydrogens (tertiary/aromatic N) is 1. The summed E-state index contributed by atoms with van der Waals surface area (Å²) in [6.45, 7) is 6.74. The van der Waals surface area contributed by atoms with E-state index in [0.29, 0.717) is 6.54 Å². The molecular weight excluding hydrogens is 344 g/mol. The molecule has 0 unspecified atom stereocenters. The Balaban J connectivity index is 1.77. The van der Waals surface area contributed by atoms with Gasteiger partial charge in [-0.15, -0.1) is 0 Å². The van der Waals surface area contributed by atoms with Crippen LogP contribution in [-0.4, -0.2) is 22.8 Å². The Morgan fingerprint density at radius 2 is 2.00 bits per heavy atom. The standard InChI is InChI=1S/C21H28N2O2S/c1-15(2)19-10-9-18(21(25)23(19)4)20(24)22-11-6-12-26-14-17-8-5-7-16(3)13-17/h5,7-10,13,15H,6,11-12,14H2,1-4H3,(H,22,24). The van der Waals surface area contributed by atoms with Crippen LogP contribution in [0.15, 0.2) is 41.2 Å². The van der Waals surface area contributed by atoms with Crippen molar-refractivity contribution in [2.24, 2.45) is 7.05 Å². The van der Waals surface area contributed by atoms with Crippen molar-refractivity contribution in [2.75, 3.05) is 12.3 Å². The van der Waals surface area contributed by atoms with Gasteiger partial charge in [0, 0.05) is 25.0 Å². The number of benzene rings is 1. The molecule has 0 saturated heterocycles. The Morgan fingerprint density at radius 1 is 1.23 bits per heavy atom.